The van der Waals surface area contributed by atoms with Gasteiger partial charge in [0.2, 0.25) is 0 Å². The molecular formula is C24H25NO3. The maximum absolute atomic E-state index is 12.7. The molecule has 4 heteroatoms. The summed E-state index contributed by atoms with van der Waals surface area (Å²) in [4.78, 5) is 12.7. The molecule has 0 saturated heterocycles. The van der Waals surface area contributed by atoms with E-state index in [4.69, 9.17) is 9.47 Å². The summed E-state index contributed by atoms with van der Waals surface area (Å²) in [6.07, 6.45) is 0. The van der Waals surface area contributed by atoms with Crippen LogP contribution < -0.4 is 14.8 Å². The normalized spacial score (nSPS) is 11.5. The molecule has 3 aromatic carbocycles. The standard InChI is InChI=1S/C24H25NO3/c1-17-9-12-22(13-10-17)28-16-21-15-20(11-14-23(21)27-3)24(26)25-18(2)19-7-5-4-6-8-19/h4-15,18H,16H2,1-3H3,(H,25,26). The van der Waals surface area contributed by atoms with Gasteiger partial charge in [0.1, 0.15) is 18.1 Å². The smallest absolute Gasteiger partial charge is 0.251 e. The maximum Gasteiger partial charge on any atom is 0.251 e. The van der Waals surface area contributed by atoms with Crippen molar-refractivity contribution in [3.8, 4) is 11.5 Å². The first-order valence-electron chi connectivity index (χ1n) is 9.29. The third-order valence-electron chi connectivity index (χ3n) is 4.61. The van der Waals surface area contributed by atoms with E-state index < -0.39 is 0 Å². The van der Waals surface area contributed by atoms with Gasteiger partial charge in [0.25, 0.3) is 5.91 Å². The number of benzene rings is 3. The van der Waals surface area contributed by atoms with Gasteiger partial charge >= 0.3 is 0 Å². The third-order valence-corrected chi connectivity index (χ3v) is 4.61. The summed E-state index contributed by atoms with van der Waals surface area (Å²) < 4.78 is 11.3. The van der Waals surface area contributed by atoms with Crippen molar-refractivity contribution in [1.29, 1.82) is 0 Å². The lowest BCUT2D eigenvalue weighted by molar-refractivity contribution is 0.0939. The molecule has 3 rings (SSSR count). The molecule has 1 N–H and O–H groups in total. The Morgan fingerprint density at radius 1 is 1.00 bits per heavy atom. The highest BCUT2D eigenvalue weighted by Crippen LogP contribution is 2.23. The Morgan fingerprint density at radius 3 is 2.39 bits per heavy atom. The second-order valence-corrected chi connectivity index (χ2v) is 6.73. The lowest BCUT2D eigenvalue weighted by Gasteiger charge is -2.16. The van der Waals surface area contributed by atoms with E-state index in [0.717, 1.165) is 16.9 Å². The van der Waals surface area contributed by atoms with Crippen LogP contribution in [-0.4, -0.2) is 13.0 Å². The van der Waals surface area contributed by atoms with Crippen molar-refractivity contribution in [2.75, 3.05) is 7.11 Å². The zero-order chi connectivity index (χ0) is 19.9. The minimum Gasteiger partial charge on any atom is -0.496 e. The number of aryl methyl sites for hydroxylation is 1. The van der Waals surface area contributed by atoms with E-state index in [-0.39, 0.29) is 11.9 Å². The minimum absolute atomic E-state index is 0.0805. The Kier molecular flexibility index (Phi) is 6.33. The lowest BCUT2D eigenvalue weighted by atomic mass is 10.1. The van der Waals surface area contributed by atoms with E-state index in [2.05, 4.69) is 5.32 Å². The van der Waals surface area contributed by atoms with Crippen LogP contribution in [0.15, 0.2) is 72.8 Å². The van der Waals surface area contributed by atoms with Crippen LogP contribution in [0.1, 0.15) is 40.0 Å². The highest BCUT2D eigenvalue weighted by Gasteiger charge is 2.14. The zero-order valence-electron chi connectivity index (χ0n) is 16.4. The molecule has 0 saturated carbocycles. The molecule has 0 radical (unpaired) electrons. The number of hydrogen-bond acceptors (Lipinski definition) is 3. The molecule has 28 heavy (non-hydrogen) atoms. The summed E-state index contributed by atoms with van der Waals surface area (Å²) in [5.41, 5.74) is 3.64. The van der Waals surface area contributed by atoms with Gasteiger partial charge < -0.3 is 14.8 Å². The van der Waals surface area contributed by atoms with Crippen LogP contribution in [0, 0.1) is 6.92 Å². The molecule has 0 aliphatic heterocycles. The molecular weight excluding hydrogens is 350 g/mol. The lowest BCUT2D eigenvalue weighted by Crippen LogP contribution is -2.26. The maximum atomic E-state index is 12.7. The molecule has 0 aliphatic carbocycles. The molecule has 0 aliphatic rings. The SMILES string of the molecule is COc1ccc(C(=O)NC(C)c2ccccc2)cc1COc1ccc(C)cc1. The number of amides is 1. The van der Waals surface area contributed by atoms with Crippen LogP contribution in [0.25, 0.3) is 0 Å². The average molecular weight is 375 g/mol. The molecule has 1 amide bonds. The van der Waals surface area contributed by atoms with Crippen molar-refractivity contribution < 1.29 is 14.3 Å². The van der Waals surface area contributed by atoms with Crippen LogP contribution in [0.4, 0.5) is 0 Å². The molecule has 0 heterocycles. The fraction of sp³-hybridized carbons (Fsp3) is 0.208. The molecule has 0 bridgehead atoms. The first kappa shape index (κ1) is 19.5. The topological polar surface area (TPSA) is 47.6 Å². The quantitative estimate of drug-likeness (QED) is 0.627. The van der Waals surface area contributed by atoms with Crippen molar-refractivity contribution in [2.24, 2.45) is 0 Å². The number of carbonyl (C=O) groups excluding carboxylic acids is 1. The van der Waals surface area contributed by atoms with Crippen LogP contribution in [0.5, 0.6) is 11.5 Å². The largest absolute Gasteiger partial charge is 0.496 e. The van der Waals surface area contributed by atoms with Crippen molar-refractivity contribution in [1.82, 2.24) is 5.32 Å². The van der Waals surface area contributed by atoms with Gasteiger partial charge in [-0.1, -0.05) is 48.0 Å². The average Bonchev–Trinajstić information content (AvgIpc) is 2.73. The van der Waals surface area contributed by atoms with Crippen LogP contribution in [0.3, 0.4) is 0 Å². The highest BCUT2D eigenvalue weighted by atomic mass is 16.5. The summed E-state index contributed by atoms with van der Waals surface area (Å²) >= 11 is 0. The molecule has 0 fully saturated rings. The van der Waals surface area contributed by atoms with Gasteiger partial charge in [0, 0.05) is 11.1 Å². The summed E-state index contributed by atoms with van der Waals surface area (Å²) in [5, 5.41) is 3.04. The van der Waals surface area contributed by atoms with Crippen molar-refractivity contribution in [3.05, 3.63) is 95.1 Å². The fourth-order valence-electron chi connectivity index (χ4n) is 2.93. The number of ether oxygens (including phenoxy) is 2. The van der Waals surface area contributed by atoms with Gasteiger partial charge in [-0.15, -0.1) is 0 Å². The van der Waals surface area contributed by atoms with Crippen molar-refractivity contribution in [3.63, 3.8) is 0 Å². The first-order chi connectivity index (χ1) is 13.6. The van der Waals surface area contributed by atoms with Gasteiger partial charge in [-0.25, -0.2) is 0 Å². The van der Waals surface area contributed by atoms with Crippen molar-refractivity contribution >= 4 is 5.91 Å². The number of nitrogens with one attached hydrogen (secondary N) is 1. The molecule has 4 nitrogen and oxygen atoms in total. The van der Waals surface area contributed by atoms with E-state index in [1.165, 1.54) is 5.56 Å². The Bertz CT molecular complexity index is 920. The molecule has 3 aromatic rings. The highest BCUT2D eigenvalue weighted by molar-refractivity contribution is 5.94. The van der Waals surface area contributed by atoms with Gasteiger partial charge in [-0.3, -0.25) is 4.79 Å². The molecule has 0 spiro atoms. The van der Waals surface area contributed by atoms with E-state index in [1.54, 1.807) is 19.2 Å². The Balaban J connectivity index is 1.72. The predicted octanol–water partition coefficient (Wildman–Crippen LogP) is 5.07. The van der Waals surface area contributed by atoms with Gasteiger partial charge in [-0.05, 0) is 49.7 Å². The van der Waals surface area contributed by atoms with E-state index in [0.29, 0.717) is 17.9 Å². The van der Waals surface area contributed by atoms with Crippen LogP contribution in [-0.2, 0) is 6.61 Å². The molecule has 0 aromatic heterocycles. The van der Waals surface area contributed by atoms with E-state index in [9.17, 15) is 4.79 Å². The van der Waals surface area contributed by atoms with Crippen LogP contribution in [0.2, 0.25) is 0 Å². The summed E-state index contributed by atoms with van der Waals surface area (Å²) in [6.45, 7) is 4.32. The molecule has 144 valence electrons. The number of rotatable bonds is 7. The second-order valence-electron chi connectivity index (χ2n) is 6.73. The second kappa shape index (κ2) is 9.09. The van der Waals surface area contributed by atoms with Gasteiger partial charge in [-0.2, -0.15) is 0 Å². The number of methoxy groups -OCH3 is 1. The fourth-order valence-corrected chi connectivity index (χ4v) is 2.93. The first-order valence-corrected chi connectivity index (χ1v) is 9.29. The summed E-state index contributed by atoms with van der Waals surface area (Å²) in [6, 6.07) is 23.1. The Labute approximate surface area is 166 Å². The minimum atomic E-state index is -0.129. The monoisotopic (exact) mass is 375 g/mol. The van der Waals surface area contributed by atoms with Gasteiger partial charge in [0.15, 0.2) is 0 Å². The predicted molar refractivity (Wildman–Crippen MR) is 111 cm³/mol. The Morgan fingerprint density at radius 2 is 1.71 bits per heavy atom. The number of hydrogen-bond donors (Lipinski definition) is 1. The number of carbonyl (C=O) groups is 1. The summed E-state index contributed by atoms with van der Waals surface area (Å²) in [5.74, 6) is 1.34. The zero-order valence-corrected chi connectivity index (χ0v) is 16.4. The summed E-state index contributed by atoms with van der Waals surface area (Å²) in [7, 11) is 1.61. The van der Waals surface area contributed by atoms with E-state index >= 15 is 0 Å². The Hall–Kier alpha value is -3.27. The van der Waals surface area contributed by atoms with Crippen LogP contribution >= 0.6 is 0 Å². The van der Waals surface area contributed by atoms with E-state index in [1.807, 2.05) is 74.5 Å². The third kappa shape index (κ3) is 4.92. The van der Waals surface area contributed by atoms with Gasteiger partial charge in [0.05, 0.1) is 13.2 Å². The van der Waals surface area contributed by atoms with Crippen molar-refractivity contribution in [2.45, 2.75) is 26.5 Å². The molecule has 1 unspecified atom stereocenters. The molecule has 1 atom stereocenters.